The Hall–Kier alpha value is -2.47. The standard InChI is InChI=1S/C30H41N3O3/c1-20-7-4-5-8-26(20)24-14-11-23(12-15-24)13-16-25(34)19-33-28-10-6-9-27(28)29(31-33)30(35)32-17-21(2)36-22(3)18-32/h4-5,7-8,21-24H,6,9-19H2,1-3H3/t21-,22+,23?,24?. The van der Waals surface area contributed by atoms with Crippen molar-refractivity contribution >= 4 is 11.7 Å². The fourth-order valence-corrected chi connectivity index (χ4v) is 6.72. The van der Waals surface area contributed by atoms with E-state index < -0.39 is 0 Å². The first kappa shape index (κ1) is 25.2. The molecule has 0 unspecified atom stereocenters. The van der Waals surface area contributed by atoms with E-state index in [-0.39, 0.29) is 23.9 Å². The second kappa shape index (κ2) is 10.9. The topological polar surface area (TPSA) is 64.4 Å². The van der Waals surface area contributed by atoms with Crippen LogP contribution in [0.3, 0.4) is 0 Å². The molecule has 1 aliphatic heterocycles. The van der Waals surface area contributed by atoms with Crippen LogP contribution in [-0.2, 0) is 28.9 Å². The highest BCUT2D eigenvalue weighted by Gasteiger charge is 2.33. The van der Waals surface area contributed by atoms with Gasteiger partial charge in [-0.05, 0) is 95.1 Å². The molecule has 0 radical (unpaired) electrons. The predicted octanol–water partition coefficient (Wildman–Crippen LogP) is 5.25. The Morgan fingerprint density at radius 2 is 1.75 bits per heavy atom. The van der Waals surface area contributed by atoms with E-state index in [4.69, 9.17) is 9.84 Å². The molecule has 0 N–H and O–H groups in total. The van der Waals surface area contributed by atoms with E-state index in [9.17, 15) is 9.59 Å². The van der Waals surface area contributed by atoms with Crippen LogP contribution in [0.4, 0.5) is 0 Å². The minimum atomic E-state index is -0.00763. The van der Waals surface area contributed by atoms with Gasteiger partial charge in [0, 0.05) is 30.8 Å². The molecule has 0 bridgehead atoms. The summed E-state index contributed by atoms with van der Waals surface area (Å²) in [5.41, 5.74) is 5.63. The van der Waals surface area contributed by atoms with E-state index >= 15 is 0 Å². The van der Waals surface area contributed by atoms with Crippen LogP contribution in [0.25, 0.3) is 0 Å². The molecule has 5 rings (SSSR count). The molecule has 2 aromatic rings. The quantitative estimate of drug-likeness (QED) is 0.530. The van der Waals surface area contributed by atoms with Crippen molar-refractivity contribution in [1.82, 2.24) is 14.7 Å². The molecular formula is C30H41N3O3. The van der Waals surface area contributed by atoms with Gasteiger partial charge in [0.05, 0.1) is 18.8 Å². The molecule has 194 valence electrons. The fourth-order valence-electron chi connectivity index (χ4n) is 6.72. The maximum absolute atomic E-state index is 13.3. The van der Waals surface area contributed by atoms with Crippen LogP contribution in [0.2, 0.25) is 0 Å². The number of rotatable bonds is 7. The Labute approximate surface area is 215 Å². The SMILES string of the molecule is Cc1ccccc1C1CCC(CCC(=O)Cn2nc(C(=O)N3C[C@@H](C)O[C@@H](C)C3)c3c2CCC3)CC1. The number of hydrogen-bond donors (Lipinski definition) is 0. The Balaban J connectivity index is 1.16. The number of ketones is 1. The van der Waals surface area contributed by atoms with Gasteiger partial charge in [-0.1, -0.05) is 24.3 Å². The number of hydrogen-bond acceptors (Lipinski definition) is 4. The van der Waals surface area contributed by atoms with Crippen molar-refractivity contribution in [3.63, 3.8) is 0 Å². The van der Waals surface area contributed by atoms with Gasteiger partial charge in [0.15, 0.2) is 11.5 Å². The largest absolute Gasteiger partial charge is 0.372 e. The van der Waals surface area contributed by atoms with Crippen molar-refractivity contribution in [2.24, 2.45) is 5.92 Å². The second-order valence-electron chi connectivity index (χ2n) is 11.4. The maximum Gasteiger partial charge on any atom is 0.274 e. The molecule has 1 amide bonds. The Kier molecular flexibility index (Phi) is 7.61. The van der Waals surface area contributed by atoms with Crippen molar-refractivity contribution in [1.29, 1.82) is 0 Å². The second-order valence-corrected chi connectivity index (χ2v) is 11.4. The number of aryl methyl sites for hydroxylation is 1. The highest BCUT2D eigenvalue weighted by molar-refractivity contribution is 5.94. The van der Waals surface area contributed by atoms with Gasteiger partial charge >= 0.3 is 0 Å². The van der Waals surface area contributed by atoms with E-state index in [1.165, 1.54) is 36.8 Å². The van der Waals surface area contributed by atoms with Gasteiger partial charge in [-0.25, -0.2) is 0 Å². The lowest BCUT2D eigenvalue weighted by atomic mass is 9.76. The van der Waals surface area contributed by atoms with Crippen LogP contribution in [0.1, 0.15) is 97.6 Å². The number of morpholine rings is 1. The van der Waals surface area contributed by atoms with Crippen LogP contribution in [0, 0.1) is 12.8 Å². The highest BCUT2D eigenvalue weighted by Crippen LogP contribution is 2.38. The van der Waals surface area contributed by atoms with Crippen molar-refractivity contribution < 1.29 is 14.3 Å². The third kappa shape index (κ3) is 5.44. The maximum atomic E-state index is 13.3. The summed E-state index contributed by atoms with van der Waals surface area (Å²) in [6, 6.07) is 8.77. The van der Waals surface area contributed by atoms with Crippen molar-refractivity contribution in [3.8, 4) is 0 Å². The number of fused-ring (bicyclic) bond motifs is 1. The number of aromatic nitrogens is 2. The number of benzene rings is 1. The van der Waals surface area contributed by atoms with Crippen LogP contribution in [0.15, 0.2) is 24.3 Å². The number of amides is 1. The number of carbonyl (C=O) groups is 2. The highest BCUT2D eigenvalue weighted by atomic mass is 16.5. The van der Waals surface area contributed by atoms with Gasteiger partial charge in [-0.15, -0.1) is 0 Å². The Bertz CT molecular complexity index is 1090. The molecule has 2 atom stereocenters. The van der Waals surface area contributed by atoms with Gasteiger partial charge in [0.1, 0.15) is 0 Å². The number of ether oxygens (including phenoxy) is 1. The lowest BCUT2D eigenvalue weighted by Crippen LogP contribution is -2.48. The summed E-state index contributed by atoms with van der Waals surface area (Å²) in [6.45, 7) is 7.71. The van der Waals surface area contributed by atoms with Gasteiger partial charge in [-0.2, -0.15) is 5.10 Å². The number of carbonyl (C=O) groups excluding carboxylic acids is 2. The lowest BCUT2D eigenvalue weighted by Gasteiger charge is -2.35. The number of Topliss-reactive ketones (excluding diaryl/α,β-unsaturated/α-hetero) is 1. The van der Waals surface area contributed by atoms with E-state index in [2.05, 4.69) is 31.2 Å². The van der Waals surface area contributed by atoms with Crippen molar-refractivity contribution in [2.75, 3.05) is 13.1 Å². The zero-order valence-corrected chi connectivity index (χ0v) is 22.2. The molecule has 6 heteroatoms. The van der Waals surface area contributed by atoms with Gasteiger partial charge in [0.25, 0.3) is 5.91 Å². The number of nitrogens with zero attached hydrogens (tertiary/aromatic N) is 3. The first-order chi connectivity index (χ1) is 17.4. The molecule has 1 aromatic heterocycles. The first-order valence-electron chi connectivity index (χ1n) is 14.0. The van der Waals surface area contributed by atoms with Gasteiger partial charge in [-0.3, -0.25) is 14.3 Å². The molecule has 6 nitrogen and oxygen atoms in total. The molecule has 36 heavy (non-hydrogen) atoms. The first-order valence-corrected chi connectivity index (χ1v) is 14.0. The fraction of sp³-hybridized carbons (Fsp3) is 0.633. The molecule has 1 saturated carbocycles. The molecule has 0 spiro atoms. The summed E-state index contributed by atoms with van der Waals surface area (Å²) < 4.78 is 7.65. The summed E-state index contributed by atoms with van der Waals surface area (Å²) >= 11 is 0. The summed E-state index contributed by atoms with van der Waals surface area (Å²) in [5, 5.41) is 4.71. The Morgan fingerprint density at radius 3 is 2.47 bits per heavy atom. The Morgan fingerprint density at radius 1 is 1.03 bits per heavy atom. The molecule has 2 fully saturated rings. The van der Waals surface area contributed by atoms with Crippen LogP contribution in [-0.4, -0.2) is 51.7 Å². The van der Waals surface area contributed by atoms with E-state index in [1.807, 2.05) is 23.4 Å². The molecule has 1 saturated heterocycles. The average Bonchev–Trinajstić information content (AvgIpc) is 3.46. The predicted molar refractivity (Wildman–Crippen MR) is 140 cm³/mol. The average molecular weight is 492 g/mol. The minimum absolute atomic E-state index is 0.00763. The monoisotopic (exact) mass is 491 g/mol. The zero-order chi connectivity index (χ0) is 25.2. The van der Waals surface area contributed by atoms with E-state index in [0.29, 0.717) is 43.6 Å². The van der Waals surface area contributed by atoms with Crippen molar-refractivity contribution in [2.45, 2.75) is 103 Å². The smallest absolute Gasteiger partial charge is 0.274 e. The van der Waals surface area contributed by atoms with E-state index in [0.717, 1.165) is 36.9 Å². The molecule has 3 aliphatic rings. The van der Waals surface area contributed by atoms with Gasteiger partial charge in [0.2, 0.25) is 0 Å². The molecule has 2 heterocycles. The van der Waals surface area contributed by atoms with Crippen LogP contribution < -0.4 is 0 Å². The normalized spacial score (nSPS) is 26.1. The van der Waals surface area contributed by atoms with Crippen LogP contribution >= 0.6 is 0 Å². The lowest BCUT2D eigenvalue weighted by molar-refractivity contribution is -0.120. The summed E-state index contributed by atoms with van der Waals surface area (Å²) in [6.07, 6.45) is 9.31. The van der Waals surface area contributed by atoms with Crippen molar-refractivity contribution in [3.05, 3.63) is 52.3 Å². The van der Waals surface area contributed by atoms with Crippen LogP contribution in [0.5, 0.6) is 0 Å². The molecular weight excluding hydrogens is 450 g/mol. The zero-order valence-electron chi connectivity index (χ0n) is 22.2. The molecule has 1 aromatic carbocycles. The summed E-state index contributed by atoms with van der Waals surface area (Å²) in [4.78, 5) is 28.2. The third-order valence-electron chi connectivity index (χ3n) is 8.55. The minimum Gasteiger partial charge on any atom is -0.372 e. The summed E-state index contributed by atoms with van der Waals surface area (Å²) in [7, 11) is 0. The van der Waals surface area contributed by atoms with Gasteiger partial charge < -0.3 is 9.64 Å². The molecule has 2 aliphatic carbocycles. The van der Waals surface area contributed by atoms with E-state index in [1.54, 1.807) is 0 Å². The third-order valence-corrected chi connectivity index (χ3v) is 8.55. The summed E-state index contributed by atoms with van der Waals surface area (Å²) in [5.74, 6) is 1.53.